The van der Waals surface area contributed by atoms with E-state index in [1.165, 1.54) is 0 Å². The fraction of sp³-hybridized carbons (Fsp3) is 0.286. The van der Waals surface area contributed by atoms with E-state index < -0.39 is 0 Å². The molecule has 2 aromatic rings. The summed E-state index contributed by atoms with van der Waals surface area (Å²) in [7, 11) is 0. The van der Waals surface area contributed by atoms with Crippen LogP contribution in [0.2, 0.25) is 5.02 Å². The number of anilines is 2. The van der Waals surface area contributed by atoms with Gasteiger partial charge in [0.25, 0.3) is 11.8 Å². The molecule has 0 radical (unpaired) electrons. The molecule has 1 aliphatic heterocycles. The van der Waals surface area contributed by atoms with Crippen molar-refractivity contribution in [2.45, 2.75) is 31.7 Å². The van der Waals surface area contributed by atoms with Crippen LogP contribution in [-0.4, -0.2) is 30.3 Å². The van der Waals surface area contributed by atoms with Crippen LogP contribution in [0.25, 0.3) is 0 Å². The normalized spacial score (nSPS) is 16.2. The van der Waals surface area contributed by atoms with E-state index in [1.54, 1.807) is 47.4 Å². The molecule has 1 aliphatic carbocycles. The number of hydrogen-bond acceptors (Lipinski definition) is 3. The third kappa shape index (κ3) is 4.02. The van der Waals surface area contributed by atoms with Gasteiger partial charge in [0.2, 0.25) is 5.91 Å². The largest absolute Gasteiger partial charge is 0.349 e. The predicted molar refractivity (Wildman–Crippen MR) is 108 cm³/mol. The number of halogens is 1. The molecule has 0 aromatic heterocycles. The maximum absolute atomic E-state index is 12.7. The van der Waals surface area contributed by atoms with E-state index in [4.69, 9.17) is 11.6 Å². The summed E-state index contributed by atoms with van der Waals surface area (Å²) in [5.74, 6) is -0.460. The van der Waals surface area contributed by atoms with Gasteiger partial charge in [-0.15, -0.1) is 0 Å². The topological polar surface area (TPSA) is 78.5 Å². The van der Waals surface area contributed by atoms with Gasteiger partial charge in [-0.1, -0.05) is 17.7 Å². The molecule has 1 saturated heterocycles. The zero-order valence-electron chi connectivity index (χ0n) is 15.2. The Labute approximate surface area is 167 Å². The second kappa shape index (κ2) is 7.64. The van der Waals surface area contributed by atoms with Crippen LogP contribution in [0.1, 0.15) is 46.4 Å². The molecule has 2 fully saturated rings. The number of carbonyl (C=O) groups excluding carboxylic acids is 3. The summed E-state index contributed by atoms with van der Waals surface area (Å²) in [4.78, 5) is 38.5. The summed E-state index contributed by atoms with van der Waals surface area (Å²) < 4.78 is 0. The Bertz CT molecular complexity index is 956. The Balaban J connectivity index is 1.50. The van der Waals surface area contributed by atoms with Crippen LogP contribution in [0.3, 0.4) is 0 Å². The summed E-state index contributed by atoms with van der Waals surface area (Å²) in [6.45, 7) is 0.599. The molecule has 28 heavy (non-hydrogen) atoms. The molecule has 2 N–H and O–H groups in total. The maximum Gasteiger partial charge on any atom is 0.255 e. The van der Waals surface area contributed by atoms with Crippen molar-refractivity contribution < 1.29 is 14.4 Å². The van der Waals surface area contributed by atoms with E-state index in [0.717, 1.165) is 19.3 Å². The summed E-state index contributed by atoms with van der Waals surface area (Å²) in [6, 6.07) is 12.0. The minimum Gasteiger partial charge on any atom is -0.349 e. The van der Waals surface area contributed by atoms with Gasteiger partial charge in [-0.2, -0.15) is 0 Å². The van der Waals surface area contributed by atoms with E-state index in [2.05, 4.69) is 10.6 Å². The first-order valence-corrected chi connectivity index (χ1v) is 9.71. The number of rotatable bonds is 5. The second-order valence-electron chi connectivity index (χ2n) is 7.10. The summed E-state index contributed by atoms with van der Waals surface area (Å²) in [5.41, 5.74) is 1.98. The molecule has 144 valence electrons. The minimum atomic E-state index is -0.329. The van der Waals surface area contributed by atoms with Crippen molar-refractivity contribution in [1.82, 2.24) is 5.32 Å². The average molecular weight is 398 g/mol. The molecule has 4 rings (SSSR count). The van der Waals surface area contributed by atoms with Crippen molar-refractivity contribution >= 4 is 40.7 Å². The van der Waals surface area contributed by atoms with Gasteiger partial charge < -0.3 is 15.5 Å². The Morgan fingerprint density at radius 2 is 1.82 bits per heavy atom. The third-order valence-corrected chi connectivity index (χ3v) is 5.19. The molecule has 2 aromatic carbocycles. The maximum atomic E-state index is 12.7. The number of nitrogens with one attached hydrogen (secondary N) is 2. The van der Waals surface area contributed by atoms with Gasteiger partial charge in [0.05, 0.1) is 10.7 Å². The van der Waals surface area contributed by atoms with Gasteiger partial charge in [0, 0.05) is 35.8 Å². The van der Waals surface area contributed by atoms with Crippen LogP contribution in [0.15, 0.2) is 42.5 Å². The lowest BCUT2D eigenvalue weighted by Gasteiger charge is -2.18. The molecule has 3 amide bonds. The minimum absolute atomic E-state index is 0.00818. The van der Waals surface area contributed by atoms with E-state index in [0.29, 0.717) is 40.5 Å². The van der Waals surface area contributed by atoms with Crippen LogP contribution in [-0.2, 0) is 4.79 Å². The fourth-order valence-electron chi connectivity index (χ4n) is 3.20. The van der Waals surface area contributed by atoms with Crippen molar-refractivity contribution in [3.8, 4) is 0 Å². The predicted octanol–water partition coefficient (Wildman–Crippen LogP) is 3.61. The monoisotopic (exact) mass is 397 g/mol. The first kappa shape index (κ1) is 18.5. The van der Waals surface area contributed by atoms with E-state index in [9.17, 15) is 14.4 Å². The second-order valence-corrected chi connectivity index (χ2v) is 7.50. The third-order valence-electron chi connectivity index (χ3n) is 4.87. The summed E-state index contributed by atoms with van der Waals surface area (Å²) in [6.07, 6.45) is 3.30. The molecule has 1 saturated carbocycles. The number of carbonyl (C=O) groups is 3. The Morgan fingerprint density at radius 1 is 1.04 bits per heavy atom. The highest BCUT2D eigenvalue weighted by Gasteiger charge is 2.25. The van der Waals surface area contributed by atoms with Crippen molar-refractivity contribution in [1.29, 1.82) is 0 Å². The molecule has 2 aliphatic rings. The Kier molecular flexibility index (Phi) is 5.05. The zero-order chi connectivity index (χ0) is 19.7. The van der Waals surface area contributed by atoms with E-state index >= 15 is 0 Å². The van der Waals surface area contributed by atoms with Crippen LogP contribution in [0.5, 0.6) is 0 Å². The quantitative estimate of drug-likeness (QED) is 0.808. The SMILES string of the molecule is O=C(Nc1cccc(C(=O)NC2CC2)c1)c1ccc(Cl)c(N2CCCC2=O)c1. The lowest BCUT2D eigenvalue weighted by atomic mass is 10.1. The highest BCUT2D eigenvalue weighted by molar-refractivity contribution is 6.34. The van der Waals surface area contributed by atoms with Crippen molar-refractivity contribution in [3.05, 3.63) is 58.6 Å². The lowest BCUT2D eigenvalue weighted by molar-refractivity contribution is -0.117. The number of benzene rings is 2. The van der Waals surface area contributed by atoms with Crippen LogP contribution in [0, 0.1) is 0 Å². The fourth-order valence-corrected chi connectivity index (χ4v) is 3.42. The van der Waals surface area contributed by atoms with Crippen LogP contribution >= 0.6 is 11.6 Å². The zero-order valence-corrected chi connectivity index (χ0v) is 16.0. The molecular formula is C21H20ClN3O3. The van der Waals surface area contributed by atoms with Crippen LogP contribution < -0.4 is 15.5 Å². The Morgan fingerprint density at radius 3 is 2.54 bits per heavy atom. The number of hydrogen-bond donors (Lipinski definition) is 2. The highest BCUT2D eigenvalue weighted by Crippen LogP contribution is 2.30. The Hall–Kier alpha value is -2.86. The molecule has 7 heteroatoms. The molecule has 0 spiro atoms. The lowest BCUT2D eigenvalue weighted by Crippen LogP contribution is -2.25. The van der Waals surface area contributed by atoms with E-state index in [1.807, 2.05) is 0 Å². The van der Waals surface area contributed by atoms with Gasteiger partial charge in [-0.3, -0.25) is 14.4 Å². The molecule has 0 unspecified atom stereocenters. The molecule has 1 heterocycles. The van der Waals surface area contributed by atoms with Gasteiger partial charge in [0.1, 0.15) is 0 Å². The standard InChI is InChI=1S/C21H20ClN3O3/c22-17-9-6-14(12-18(17)25-10-2-5-19(25)26)21(28)24-16-4-1-3-13(11-16)20(27)23-15-7-8-15/h1,3-4,6,9,11-12,15H,2,5,7-8,10H2,(H,23,27)(H,24,28). The van der Waals surface area contributed by atoms with Gasteiger partial charge >= 0.3 is 0 Å². The average Bonchev–Trinajstić information content (AvgIpc) is 3.40. The summed E-state index contributed by atoms with van der Waals surface area (Å²) in [5, 5.41) is 6.17. The molecule has 0 atom stereocenters. The van der Waals surface area contributed by atoms with Crippen LogP contribution in [0.4, 0.5) is 11.4 Å². The smallest absolute Gasteiger partial charge is 0.255 e. The van der Waals surface area contributed by atoms with Gasteiger partial charge in [0.15, 0.2) is 0 Å². The highest BCUT2D eigenvalue weighted by atomic mass is 35.5. The van der Waals surface area contributed by atoms with Crippen molar-refractivity contribution in [2.75, 3.05) is 16.8 Å². The van der Waals surface area contributed by atoms with Gasteiger partial charge in [-0.25, -0.2) is 0 Å². The number of amides is 3. The molecular weight excluding hydrogens is 378 g/mol. The first-order chi connectivity index (χ1) is 13.5. The summed E-state index contributed by atoms with van der Waals surface area (Å²) >= 11 is 6.24. The number of nitrogens with zero attached hydrogens (tertiary/aromatic N) is 1. The first-order valence-electron chi connectivity index (χ1n) is 9.33. The van der Waals surface area contributed by atoms with Crippen molar-refractivity contribution in [2.24, 2.45) is 0 Å². The molecule has 6 nitrogen and oxygen atoms in total. The molecule has 0 bridgehead atoms. The van der Waals surface area contributed by atoms with E-state index in [-0.39, 0.29) is 23.8 Å². The van der Waals surface area contributed by atoms with Crippen molar-refractivity contribution in [3.63, 3.8) is 0 Å². The van der Waals surface area contributed by atoms with Gasteiger partial charge in [-0.05, 0) is 55.7 Å².